The number of nitrogens with two attached hydrogens (primary N) is 1. The van der Waals surface area contributed by atoms with E-state index in [1.807, 2.05) is 6.92 Å². The molecule has 0 heterocycles. The van der Waals surface area contributed by atoms with Crippen LogP contribution in [0.4, 0.5) is 0 Å². The standard InChI is InChI=1S/C12H20N2O/c1-3-7-14(9-10-5-6-10)12(15)11(4-2)8-13/h1,10-11H,4-9,13H2,2H3. The Bertz CT molecular complexity index is 249. The molecular formula is C12H20N2O. The van der Waals surface area contributed by atoms with E-state index in [-0.39, 0.29) is 11.8 Å². The summed E-state index contributed by atoms with van der Waals surface area (Å²) in [4.78, 5) is 13.8. The van der Waals surface area contributed by atoms with Gasteiger partial charge >= 0.3 is 0 Å². The van der Waals surface area contributed by atoms with Crippen molar-refractivity contribution in [2.24, 2.45) is 17.6 Å². The highest BCUT2D eigenvalue weighted by atomic mass is 16.2. The summed E-state index contributed by atoms with van der Waals surface area (Å²) in [6.07, 6.45) is 8.52. The fourth-order valence-electron chi connectivity index (χ4n) is 1.66. The van der Waals surface area contributed by atoms with Gasteiger partial charge in [0.2, 0.25) is 5.91 Å². The smallest absolute Gasteiger partial charge is 0.227 e. The molecular weight excluding hydrogens is 188 g/mol. The molecule has 15 heavy (non-hydrogen) atoms. The van der Waals surface area contributed by atoms with Crippen LogP contribution in [0, 0.1) is 24.2 Å². The van der Waals surface area contributed by atoms with Crippen molar-refractivity contribution in [2.45, 2.75) is 26.2 Å². The predicted molar refractivity (Wildman–Crippen MR) is 61.0 cm³/mol. The molecule has 84 valence electrons. The third-order valence-corrected chi connectivity index (χ3v) is 2.90. The van der Waals surface area contributed by atoms with Crippen molar-refractivity contribution in [2.75, 3.05) is 19.6 Å². The number of carbonyl (C=O) groups excluding carboxylic acids is 1. The molecule has 0 aromatic carbocycles. The lowest BCUT2D eigenvalue weighted by Gasteiger charge is -2.24. The maximum absolute atomic E-state index is 12.0. The van der Waals surface area contributed by atoms with E-state index in [1.165, 1.54) is 12.8 Å². The number of hydrogen-bond donors (Lipinski definition) is 1. The summed E-state index contributed by atoms with van der Waals surface area (Å²) in [6, 6.07) is 0. The van der Waals surface area contributed by atoms with Crippen molar-refractivity contribution >= 4 is 5.91 Å². The molecule has 1 unspecified atom stereocenters. The van der Waals surface area contributed by atoms with E-state index in [1.54, 1.807) is 4.90 Å². The zero-order chi connectivity index (χ0) is 11.3. The van der Waals surface area contributed by atoms with Gasteiger partial charge in [0.05, 0.1) is 12.5 Å². The minimum Gasteiger partial charge on any atom is -0.331 e. The molecule has 0 bridgehead atoms. The van der Waals surface area contributed by atoms with Crippen LogP contribution in [0.1, 0.15) is 26.2 Å². The lowest BCUT2D eigenvalue weighted by Crippen LogP contribution is -2.40. The highest BCUT2D eigenvalue weighted by Gasteiger charge is 2.28. The normalized spacial score (nSPS) is 16.9. The van der Waals surface area contributed by atoms with Gasteiger partial charge in [-0.15, -0.1) is 6.42 Å². The summed E-state index contributed by atoms with van der Waals surface area (Å²) in [6.45, 7) is 3.65. The van der Waals surface area contributed by atoms with Gasteiger partial charge in [0.1, 0.15) is 0 Å². The van der Waals surface area contributed by atoms with Gasteiger partial charge < -0.3 is 10.6 Å². The Labute approximate surface area is 92.0 Å². The maximum Gasteiger partial charge on any atom is 0.227 e. The quantitative estimate of drug-likeness (QED) is 0.658. The molecule has 1 fully saturated rings. The van der Waals surface area contributed by atoms with Crippen molar-refractivity contribution in [1.29, 1.82) is 0 Å². The molecule has 1 aliphatic carbocycles. The van der Waals surface area contributed by atoms with Crippen LogP contribution in [0.5, 0.6) is 0 Å². The van der Waals surface area contributed by atoms with Crippen LogP contribution in [0.15, 0.2) is 0 Å². The number of carbonyl (C=O) groups is 1. The summed E-state index contributed by atoms with van der Waals surface area (Å²) in [5.74, 6) is 3.30. The molecule has 1 aliphatic rings. The number of nitrogens with zero attached hydrogens (tertiary/aromatic N) is 1. The summed E-state index contributed by atoms with van der Waals surface area (Å²) < 4.78 is 0. The minimum atomic E-state index is -0.0582. The molecule has 0 aromatic rings. The molecule has 1 atom stereocenters. The third kappa shape index (κ3) is 3.56. The molecule has 0 aliphatic heterocycles. The molecule has 0 radical (unpaired) electrons. The van der Waals surface area contributed by atoms with E-state index < -0.39 is 0 Å². The van der Waals surface area contributed by atoms with Gasteiger partial charge in [0, 0.05) is 13.1 Å². The van der Waals surface area contributed by atoms with Crippen molar-refractivity contribution in [3.63, 3.8) is 0 Å². The predicted octanol–water partition coefficient (Wildman–Crippen LogP) is 0.843. The second-order valence-corrected chi connectivity index (χ2v) is 4.21. The van der Waals surface area contributed by atoms with E-state index in [9.17, 15) is 4.79 Å². The van der Waals surface area contributed by atoms with Crippen LogP contribution in [0.3, 0.4) is 0 Å². The van der Waals surface area contributed by atoms with Crippen molar-refractivity contribution in [1.82, 2.24) is 4.90 Å². The Morgan fingerprint density at radius 1 is 1.67 bits per heavy atom. The van der Waals surface area contributed by atoms with Crippen LogP contribution >= 0.6 is 0 Å². The topological polar surface area (TPSA) is 46.3 Å². The van der Waals surface area contributed by atoms with E-state index in [0.717, 1.165) is 13.0 Å². The summed E-state index contributed by atoms with van der Waals surface area (Å²) in [5, 5.41) is 0. The Morgan fingerprint density at radius 2 is 2.33 bits per heavy atom. The van der Waals surface area contributed by atoms with Gasteiger partial charge in [0.15, 0.2) is 0 Å². The fraction of sp³-hybridized carbons (Fsp3) is 0.750. The fourth-order valence-corrected chi connectivity index (χ4v) is 1.66. The molecule has 3 nitrogen and oxygen atoms in total. The summed E-state index contributed by atoms with van der Waals surface area (Å²) in [7, 11) is 0. The first-order valence-electron chi connectivity index (χ1n) is 5.65. The first-order chi connectivity index (χ1) is 7.22. The zero-order valence-corrected chi connectivity index (χ0v) is 9.41. The lowest BCUT2D eigenvalue weighted by molar-refractivity contribution is -0.134. The zero-order valence-electron chi connectivity index (χ0n) is 9.41. The van der Waals surface area contributed by atoms with Crippen LogP contribution < -0.4 is 5.73 Å². The van der Waals surface area contributed by atoms with E-state index in [0.29, 0.717) is 19.0 Å². The van der Waals surface area contributed by atoms with E-state index in [2.05, 4.69) is 5.92 Å². The Balaban J connectivity index is 2.52. The van der Waals surface area contributed by atoms with Crippen LogP contribution in [0.25, 0.3) is 0 Å². The Kier molecular flexibility index (Phi) is 4.64. The molecule has 2 N–H and O–H groups in total. The second-order valence-electron chi connectivity index (χ2n) is 4.21. The van der Waals surface area contributed by atoms with Crippen LogP contribution in [-0.4, -0.2) is 30.4 Å². The Hall–Kier alpha value is -1.01. The van der Waals surface area contributed by atoms with Gasteiger partial charge in [-0.3, -0.25) is 4.79 Å². The minimum absolute atomic E-state index is 0.0582. The maximum atomic E-state index is 12.0. The first-order valence-corrected chi connectivity index (χ1v) is 5.65. The SMILES string of the molecule is C#CCN(CC1CC1)C(=O)C(CC)CN. The van der Waals surface area contributed by atoms with Gasteiger partial charge in [-0.1, -0.05) is 12.8 Å². The average molecular weight is 208 g/mol. The first kappa shape index (κ1) is 12.1. The molecule has 1 amide bonds. The van der Waals surface area contributed by atoms with Crippen molar-refractivity contribution < 1.29 is 4.79 Å². The third-order valence-electron chi connectivity index (χ3n) is 2.90. The van der Waals surface area contributed by atoms with Gasteiger partial charge in [-0.05, 0) is 25.2 Å². The summed E-state index contributed by atoms with van der Waals surface area (Å²) in [5.41, 5.74) is 5.57. The highest BCUT2D eigenvalue weighted by Crippen LogP contribution is 2.30. The average Bonchev–Trinajstić information content (AvgIpc) is 3.03. The molecule has 0 aromatic heterocycles. The largest absolute Gasteiger partial charge is 0.331 e. The van der Waals surface area contributed by atoms with E-state index in [4.69, 9.17) is 12.2 Å². The second kappa shape index (κ2) is 5.77. The van der Waals surface area contributed by atoms with Gasteiger partial charge in [-0.2, -0.15) is 0 Å². The Morgan fingerprint density at radius 3 is 2.73 bits per heavy atom. The molecule has 3 heteroatoms. The lowest BCUT2D eigenvalue weighted by atomic mass is 10.1. The number of rotatable bonds is 6. The van der Waals surface area contributed by atoms with Gasteiger partial charge in [-0.25, -0.2) is 0 Å². The number of hydrogen-bond acceptors (Lipinski definition) is 2. The number of terminal acetylenes is 1. The van der Waals surface area contributed by atoms with Crippen molar-refractivity contribution in [3.05, 3.63) is 0 Å². The van der Waals surface area contributed by atoms with E-state index >= 15 is 0 Å². The highest BCUT2D eigenvalue weighted by molar-refractivity contribution is 5.79. The van der Waals surface area contributed by atoms with Crippen LogP contribution in [0.2, 0.25) is 0 Å². The summed E-state index contributed by atoms with van der Waals surface area (Å²) >= 11 is 0. The van der Waals surface area contributed by atoms with Crippen molar-refractivity contribution in [3.8, 4) is 12.3 Å². The molecule has 1 saturated carbocycles. The number of amides is 1. The monoisotopic (exact) mass is 208 g/mol. The molecule has 0 saturated heterocycles. The van der Waals surface area contributed by atoms with Crippen LogP contribution in [-0.2, 0) is 4.79 Å². The molecule has 1 rings (SSSR count). The van der Waals surface area contributed by atoms with Gasteiger partial charge in [0.25, 0.3) is 0 Å². The molecule has 0 spiro atoms.